The number of primary amides is 1. The quantitative estimate of drug-likeness (QED) is 0.362. The first-order chi connectivity index (χ1) is 16.9. The lowest BCUT2D eigenvalue weighted by Crippen LogP contribution is -2.36. The van der Waals surface area contributed by atoms with E-state index in [0.29, 0.717) is 28.2 Å². The summed E-state index contributed by atoms with van der Waals surface area (Å²) in [5.74, 6) is -0.328. The van der Waals surface area contributed by atoms with Crippen LogP contribution in [0.15, 0.2) is 78.9 Å². The lowest BCUT2D eigenvalue weighted by atomic mass is 10.0. The normalized spacial score (nSPS) is 13.2. The molecule has 0 spiro atoms. The third-order valence-electron chi connectivity index (χ3n) is 5.38. The fourth-order valence-corrected chi connectivity index (χ4v) is 3.76. The van der Waals surface area contributed by atoms with Gasteiger partial charge in [0.2, 0.25) is 0 Å². The van der Waals surface area contributed by atoms with Crippen molar-refractivity contribution in [2.45, 2.75) is 12.5 Å². The number of para-hydroxylation sites is 1. The van der Waals surface area contributed by atoms with Gasteiger partial charge in [-0.15, -0.1) is 0 Å². The topological polar surface area (TPSA) is 128 Å². The Morgan fingerprint density at radius 2 is 1.49 bits per heavy atom. The van der Waals surface area contributed by atoms with Crippen molar-refractivity contribution in [2.24, 2.45) is 5.73 Å². The lowest BCUT2D eigenvalue weighted by Gasteiger charge is -2.19. The molecule has 178 valence electrons. The van der Waals surface area contributed by atoms with Crippen molar-refractivity contribution in [1.82, 2.24) is 10.2 Å². The van der Waals surface area contributed by atoms with Crippen LogP contribution in [0, 0.1) is 0 Å². The highest BCUT2D eigenvalue weighted by molar-refractivity contribution is 6.21. The SMILES string of the molecule is NC(=O)NC(CC(=O)OCCN1C(=O)c2ccccc2C1=O)c1cccc(Oc2ccccc2)c1. The Morgan fingerprint density at radius 1 is 0.857 bits per heavy atom. The second-order valence-electron chi connectivity index (χ2n) is 7.78. The Hall–Kier alpha value is -4.66. The Morgan fingerprint density at radius 3 is 2.14 bits per heavy atom. The number of nitrogens with zero attached hydrogens (tertiary/aromatic N) is 1. The maximum absolute atomic E-state index is 12.5. The molecule has 1 unspecified atom stereocenters. The van der Waals surface area contributed by atoms with Gasteiger partial charge in [-0.2, -0.15) is 0 Å². The maximum Gasteiger partial charge on any atom is 0.312 e. The predicted molar refractivity (Wildman–Crippen MR) is 126 cm³/mol. The molecule has 3 aromatic carbocycles. The molecule has 4 amide bonds. The molecular weight excluding hydrogens is 450 g/mol. The second kappa shape index (κ2) is 10.5. The number of esters is 1. The molecule has 3 aromatic rings. The third-order valence-corrected chi connectivity index (χ3v) is 5.38. The number of rotatable bonds is 9. The summed E-state index contributed by atoms with van der Waals surface area (Å²) in [6, 6.07) is 21.0. The molecule has 9 nitrogen and oxygen atoms in total. The van der Waals surface area contributed by atoms with Crippen molar-refractivity contribution in [1.29, 1.82) is 0 Å². The highest BCUT2D eigenvalue weighted by Gasteiger charge is 2.34. The van der Waals surface area contributed by atoms with Crippen LogP contribution in [0.4, 0.5) is 4.79 Å². The molecule has 9 heteroatoms. The summed E-state index contributed by atoms with van der Waals surface area (Å²) < 4.78 is 11.1. The average Bonchev–Trinajstić information content (AvgIpc) is 3.09. The summed E-state index contributed by atoms with van der Waals surface area (Å²) in [7, 11) is 0. The summed E-state index contributed by atoms with van der Waals surface area (Å²) in [6.07, 6.45) is -0.208. The molecule has 1 atom stereocenters. The fourth-order valence-electron chi connectivity index (χ4n) is 3.76. The molecule has 0 aliphatic carbocycles. The summed E-state index contributed by atoms with van der Waals surface area (Å²) in [6.45, 7) is -0.253. The smallest absolute Gasteiger partial charge is 0.312 e. The minimum Gasteiger partial charge on any atom is -0.464 e. The van der Waals surface area contributed by atoms with Gasteiger partial charge >= 0.3 is 12.0 Å². The molecule has 0 saturated carbocycles. The van der Waals surface area contributed by atoms with Crippen LogP contribution in [-0.4, -0.2) is 41.9 Å². The largest absolute Gasteiger partial charge is 0.464 e. The first-order valence-corrected chi connectivity index (χ1v) is 10.9. The van der Waals surface area contributed by atoms with Gasteiger partial charge < -0.3 is 20.5 Å². The Labute approximate surface area is 201 Å². The molecule has 3 N–H and O–H groups in total. The van der Waals surface area contributed by atoms with Gasteiger partial charge in [0.05, 0.1) is 30.1 Å². The first kappa shape index (κ1) is 23.5. The molecule has 4 rings (SSSR count). The number of urea groups is 1. The molecule has 1 heterocycles. The summed E-state index contributed by atoms with van der Waals surface area (Å²) in [5, 5.41) is 2.54. The van der Waals surface area contributed by atoms with Crippen molar-refractivity contribution < 1.29 is 28.7 Å². The molecule has 1 aliphatic rings. The van der Waals surface area contributed by atoms with E-state index < -0.39 is 29.9 Å². The molecule has 0 aromatic heterocycles. The van der Waals surface area contributed by atoms with Crippen molar-refractivity contribution in [2.75, 3.05) is 13.2 Å². The molecule has 35 heavy (non-hydrogen) atoms. The molecule has 1 aliphatic heterocycles. The van der Waals surface area contributed by atoms with Crippen LogP contribution in [0.1, 0.15) is 38.7 Å². The number of amides is 4. The number of hydrogen-bond acceptors (Lipinski definition) is 6. The van der Waals surface area contributed by atoms with E-state index in [4.69, 9.17) is 15.2 Å². The number of benzene rings is 3. The number of hydrogen-bond donors (Lipinski definition) is 2. The lowest BCUT2D eigenvalue weighted by molar-refractivity contribution is -0.144. The van der Waals surface area contributed by atoms with Gasteiger partial charge in [0.1, 0.15) is 18.1 Å². The molecule has 0 saturated heterocycles. The van der Waals surface area contributed by atoms with E-state index in [1.807, 2.05) is 18.2 Å². The van der Waals surface area contributed by atoms with E-state index in [0.717, 1.165) is 4.90 Å². The monoisotopic (exact) mass is 473 g/mol. The van der Waals surface area contributed by atoms with Crippen molar-refractivity contribution in [3.63, 3.8) is 0 Å². The van der Waals surface area contributed by atoms with Crippen molar-refractivity contribution >= 4 is 23.8 Å². The predicted octanol–water partition coefficient (Wildman–Crippen LogP) is 3.42. The van der Waals surface area contributed by atoms with Gasteiger partial charge in [-0.05, 0) is 42.0 Å². The van der Waals surface area contributed by atoms with Gasteiger partial charge in [-0.3, -0.25) is 19.3 Å². The molecule has 0 radical (unpaired) electrons. The Kier molecular flexibility index (Phi) is 7.06. The van der Waals surface area contributed by atoms with E-state index in [9.17, 15) is 19.2 Å². The van der Waals surface area contributed by atoms with Crippen LogP contribution in [0.25, 0.3) is 0 Å². The van der Waals surface area contributed by atoms with Crippen LogP contribution in [0.5, 0.6) is 11.5 Å². The first-order valence-electron chi connectivity index (χ1n) is 10.9. The number of carbonyl (C=O) groups is 4. The number of nitrogens with two attached hydrogens (primary N) is 1. The number of ether oxygens (including phenoxy) is 2. The number of carbonyl (C=O) groups excluding carboxylic acids is 4. The third kappa shape index (κ3) is 5.64. The van der Waals surface area contributed by atoms with E-state index >= 15 is 0 Å². The van der Waals surface area contributed by atoms with E-state index in [1.165, 1.54) is 0 Å². The van der Waals surface area contributed by atoms with E-state index in [2.05, 4.69) is 5.32 Å². The highest BCUT2D eigenvalue weighted by atomic mass is 16.5. The molecule has 0 fully saturated rings. The zero-order chi connectivity index (χ0) is 24.8. The zero-order valence-electron chi connectivity index (χ0n) is 18.7. The minimum atomic E-state index is -0.803. The number of fused-ring (bicyclic) bond motifs is 1. The van der Waals surface area contributed by atoms with Crippen LogP contribution >= 0.6 is 0 Å². The number of imide groups is 1. The number of nitrogens with one attached hydrogen (secondary N) is 1. The van der Waals surface area contributed by atoms with Gasteiger partial charge in [0, 0.05) is 0 Å². The van der Waals surface area contributed by atoms with E-state index in [1.54, 1.807) is 60.7 Å². The maximum atomic E-state index is 12.5. The zero-order valence-corrected chi connectivity index (χ0v) is 18.7. The van der Waals surface area contributed by atoms with E-state index in [-0.39, 0.29) is 19.6 Å². The van der Waals surface area contributed by atoms with Gasteiger partial charge in [0.25, 0.3) is 11.8 Å². The second-order valence-corrected chi connectivity index (χ2v) is 7.78. The van der Waals surface area contributed by atoms with Gasteiger partial charge in [-0.25, -0.2) is 4.79 Å². The van der Waals surface area contributed by atoms with Crippen molar-refractivity contribution in [3.8, 4) is 11.5 Å². The van der Waals surface area contributed by atoms with Crippen LogP contribution in [0.3, 0.4) is 0 Å². The van der Waals surface area contributed by atoms with Crippen LogP contribution in [-0.2, 0) is 9.53 Å². The fraction of sp³-hybridized carbons (Fsp3) is 0.154. The van der Waals surface area contributed by atoms with Crippen molar-refractivity contribution in [3.05, 3.63) is 95.6 Å². The van der Waals surface area contributed by atoms with Gasteiger partial charge in [0.15, 0.2) is 0 Å². The standard InChI is InChI=1S/C26H23N3O6/c27-26(33)28-22(17-7-6-10-19(15-17)35-18-8-2-1-3-9-18)16-23(30)34-14-13-29-24(31)20-11-4-5-12-21(20)25(29)32/h1-12,15,22H,13-14,16H2,(H3,27,28,33). The summed E-state index contributed by atoms with van der Waals surface area (Å²) >= 11 is 0. The summed E-state index contributed by atoms with van der Waals surface area (Å²) in [5.41, 5.74) is 6.55. The molecular formula is C26H23N3O6. The van der Waals surface area contributed by atoms with Crippen LogP contribution < -0.4 is 15.8 Å². The Bertz CT molecular complexity index is 1230. The van der Waals surface area contributed by atoms with Crippen LogP contribution in [0.2, 0.25) is 0 Å². The Balaban J connectivity index is 1.36. The minimum absolute atomic E-state index is 0.0770. The average molecular weight is 473 g/mol. The summed E-state index contributed by atoms with van der Waals surface area (Å²) in [4.78, 5) is 49.9. The molecule has 0 bridgehead atoms. The highest BCUT2D eigenvalue weighted by Crippen LogP contribution is 2.26. The van der Waals surface area contributed by atoms with Gasteiger partial charge in [-0.1, -0.05) is 42.5 Å².